The molecule has 0 unspecified atom stereocenters. The van der Waals surface area contributed by atoms with Gasteiger partial charge in [0.2, 0.25) is 0 Å². The Morgan fingerprint density at radius 3 is 1.74 bits per heavy atom. The minimum Gasteiger partial charge on any atom is -0.0683 e. The van der Waals surface area contributed by atoms with Crippen LogP contribution in [0.1, 0.15) is 66.1 Å². The summed E-state index contributed by atoms with van der Waals surface area (Å²) in [5, 5.41) is 0. The minimum absolute atomic E-state index is 1.00. The molecule has 0 radical (unpaired) electrons. The van der Waals surface area contributed by atoms with Gasteiger partial charge >= 0.3 is 0 Å². The van der Waals surface area contributed by atoms with Crippen molar-refractivity contribution in [3.63, 3.8) is 0 Å². The predicted octanol–water partition coefficient (Wildman–Crippen LogP) is 7.46. The highest BCUT2D eigenvalue weighted by Crippen LogP contribution is 2.22. The van der Waals surface area contributed by atoms with E-state index in [-0.39, 0.29) is 0 Å². The topological polar surface area (TPSA) is 0 Å². The molecule has 0 amide bonds. The Balaban J connectivity index is 0.00000126. The lowest BCUT2D eigenvalue weighted by atomic mass is 9.92. The van der Waals surface area contributed by atoms with Crippen LogP contribution in [0.25, 0.3) is 0 Å². The van der Waals surface area contributed by atoms with E-state index in [0.717, 1.165) is 12.8 Å². The molecule has 0 bridgehead atoms. The van der Waals surface area contributed by atoms with Crippen molar-refractivity contribution in [1.82, 2.24) is 0 Å². The maximum absolute atomic E-state index is 2.37. The molecular weight excluding hydrogens is 324 g/mol. The van der Waals surface area contributed by atoms with Crippen LogP contribution in [0, 0.1) is 13.8 Å². The molecule has 0 aliphatic rings. The highest BCUT2D eigenvalue weighted by molar-refractivity contribution is 5.42. The van der Waals surface area contributed by atoms with Gasteiger partial charge in [0.05, 0.1) is 0 Å². The number of hydrogen-bond donors (Lipinski definition) is 0. The van der Waals surface area contributed by atoms with Gasteiger partial charge in [0.1, 0.15) is 0 Å². The smallest absolute Gasteiger partial charge is 0.00204 e. The molecule has 0 fully saturated rings. The van der Waals surface area contributed by atoms with Crippen LogP contribution < -0.4 is 0 Å². The Bertz CT molecular complexity index is 805. The van der Waals surface area contributed by atoms with Gasteiger partial charge < -0.3 is 0 Å². The molecule has 3 aromatic carbocycles. The van der Waals surface area contributed by atoms with Gasteiger partial charge in [-0.15, -0.1) is 0 Å². The predicted molar refractivity (Wildman–Crippen MR) is 120 cm³/mol. The molecule has 0 saturated carbocycles. The highest BCUT2D eigenvalue weighted by Gasteiger charge is 2.07. The van der Waals surface area contributed by atoms with Crippen molar-refractivity contribution in [2.75, 3.05) is 0 Å². The van der Waals surface area contributed by atoms with Crippen molar-refractivity contribution in [3.05, 3.63) is 106 Å². The van der Waals surface area contributed by atoms with Gasteiger partial charge in [-0.1, -0.05) is 93.9 Å². The normalized spacial score (nSPS) is 10.3. The first-order valence-electron chi connectivity index (χ1n) is 10.4. The monoisotopic (exact) mass is 358 g/mol. The maximum atomic E-state index is 2.37. The van der Waals surface area contributed by atoms with E-state index in [0.29, 0.717) is 0 Å². The van der Waals surface area contributed by atoms with Crippen LogP contribution in [0.15, 0.2) is 66.7 Å². The molecule has 3 rings (SSSR count). The highest BCUT2D eigenvalue weighted by atomic mass is 14.1. The summed E-state index contributed by atoms with van der Waals surface area (Å²) in [4.78, 5) is 0. The van der Waals surface area contributed by atoms with Crippen molar-refractivity contribution in [2.45, 2.75) is 60.3 Å². The third-order valence-corrected chi connectivity index (χ3v) is 4.92. The van der Waals surface area contributed by atoms with Crippen LogP contribution in [0.2, 0.25) is 0 Å². The standard InChI is InChI=1S/C25H28.C2H6/c1-4-9-22-14-19(2)25(20(3)15-22)18-24-13-8-12-23(17-24)16-21-10-6-5-7-11-21;1-2/h5-8,10-15,17H,4,9,16,18H2,1-3H3;1-2H3. The van der Waals surface area contributed by atoms with Crippen LogP contribution in [-0.4, -0.2) is 0 Å². The Labute approximate surface area is 166 Å². The van der Waals surface area contributed by atoms with Gasteiger partial charge in [0.15, 0.2) is 0 Å². The zero-order chi connectivity index (χ0) is 19.6. The summed E-state index contributed by atoms with van der Waals surface area (Å²) < 4.78 is 0. The molecule has 0 saturated heterocycles. The molecule has 0 aromatic heterocycles. The van der Waals surface area contributed by atoms with E-state index in [1.54, 1.807) is 0 Å². The lowest BCUT2D eigenvalue weighted by molar-refractivity contribution is 0.914. The van der Waals surface area contributed by atoms with Gasteiger partial charge in [0.25, 0.3) is 0 Å². The molecule has 0 heteroatoms. The first kappa shape index (κ1) is 21.0. The fraction of sp³-hybridized carbons (Fsp3) is 0.333. The second kappa shape index (κ2) is 10.7. The van der Waals surface area contributed by atoms with Crippen molar-refractivity contribution in [3.8, 4) is 0 Å². The summed E-state index contributed by atoms with van der Waals surface area (Å²) >= 11 is 0. The Kier molecular flexibility index (Phi) is 8.33. The summed E-state index contributed by atoms with van der Waals surface area (Å²) in [5.74, 6) is 0. The van der Waals surface area contributed by atoms with E-state index < -0.39 is 0 Å². The van der Waals surface area contributed by atoms with Gasteiger partial charge in [-0.25, -0.2) is 0 Å². The Morgan fingerprint density at radius 2 is 1.15 bits per heavy atom. The zero-order valence-corrected chi connectivity index (χ0v) is 17.7. The van der Waals surface area contributed by atoms with Crippen LogP contribution in [-0.2, 0) is 19.3 Å². The summed E-state index contributed by atoms with van der Waals surface area (Å²) in [6, 6.07) is 24.5. The first-order valence-corrected chi connectivity index (χ1v) is 10.4. The summed E-state index contributed by atoms with van der Waals surface area (Å²) in [5.41, 5.74) is 9.98. The second-order valence-electron chi connectivity index (χ2n) is 7.12. The third kappa shape index (κ3) is 6.10. The van der Waals surface area contributed by atoms with Crippen LogP contribution in [0.5, 0.6) is 0 Å². The van der Waals surface area contributed by atoms with E-state index in [9.17, 15) is 0 Å². The van der Waals surface area contributed by atoms with Gasteiger partial charge in [0, 0.05) is 0 Å². The molecule has 0 nitrogen and oxygen atoms in total. The molecule has 0 aliphatic carbocycles. The fourth-order valence-electron chi connectivity index (χ4n) is 3.68. The molecule has 0 heterocycles. The van der Waals surface area contributed by atoms with E-state index in [1.165, 1.54) is 51.8 Å². The molecule has 3 aromatic rings. The average Bonchev–Trinajstić information content (AvgIpc) is 2.68. The molecule has 0 atom stereocenters. The van der Waals surface area contributed by atoms with E-state index in [2.05, 4.69) is 87.5 Å². The quantitative estimate of drug-likeness (QED) is 0.429. The zero-order valence-electron chi connectivity index (χ0n) is 17.7. The van der Waals surface area contributed by atoms with Crippen LogP contribution in [0.4, 0.5) is 0 Å². The molecule has 0 aliphatic heterocycles. The Hall–Kier alpha value is -2.34. The largest absolute Gasteiger partial charge is 0.0683 e. The number of rotatable bonds is 6. The summed E-state index contributed by atoms with van der Waals surface area (Å²) in [6.45, 7) is 10.8. The van der Waals surface area contributed by atoms with E-state index >= 15 is 0 Å². The average molecular weight is 359 g/mol. The van der Waals surface area contributed by atoms with E-state index in [1.807, 2.05) is 13.8 Å². The van der Waals surface area contributed by atoms with Crippen LogP contribution in [0.3, 0.4) is 0 Å². The Morgan fingerprint density at radius 1 is 0.593 bits per heavy atom. The lowest BCUT2D eigenvalue weighted by Crippen LogP contribution is -1.99. The lowest BCUT2D eigenvalue weighted by Gasteiger charge is -2.13. The summed E-state index contributed by atoms with van der Waals surface area (Å²) in [6.07, 6.45) is 4.41. The van der Waals surface area contributed by atoms with Crippen molar-refractivity contribution in [2.24, 2.45) is 0 Å². The van der Waals surface area contributed by atoms with E-state index in [4.69, 9.17) is 0 Å². The molecule has 142 valence electrons. The maximum Gasteiger partial charge on any atom is -0.00204 e. The van der Waals surface area contributed by atoms with Gasteiger partial charge in [-0.2, -0.15) is 0 Å². The van der Waals surface area contributed by atoms with Crippen molar-refractivity contribution in [1.29, 1.82) is 0 Å². The molecule has 27 heavy (non-hydrogen) atoms. The number of benzene rings is 3. The number of hydrogen-bond acceptors (Lipinski definition) is 0. The van der Waals surface area contributed by atoms with Crippen molar-refractivity contribution < 1.29 is 0 Å². The fourth-order valence-corrected chi connectivity index (χ4v) is 3.68. The van der Waals surface area contributed by atoms with Crippen LogP contribution >= 0.6 is 0 Å². The summed E-state index contributed by atoms with van der Waals surface area (Å²) in [7, 11) is 0. The third-order valence-electron chi connectivity index (χ3n) is 4.92. The van der Waals surface area contributed by atoms with Gasteiger partial charge in [-0.05, 0) is 72.1 Å². The molecule has 0 N–H and O–H groups in total. The van der Waals surface area contributed by atoms with Gasteiger partial charge in [-0.3, -0.25) is 0 Å². The minimum atomic E-state index is 1.00. The first-order chi connectivity index (χ1) is 13.2. The molecular formula is C27H34. The second-order valence-corrected chi connectivity index (χ2v) is 7.12. The van der Waals surface area contributed by atoms with Crippen molar-refractivity contribution >= 4 is 0 Å². The number of aryl methyl sites for hydroxylation is 3. The molecule has 0 spiro atoms. The SMILES string of the molecule is CC.CCCc1cc(C)c(Cc2cccc(Cc3ccccc3)c2)c(C)c1.